The molecule has 1 aliphatic heterocycles. The minimum absolute atomic E-state index is 0.00840. The zero-order valence-corrected chi connectivity index (χ0v) is 16.3. The molecule has 27 heavy (non-hydrogen) atoms. The van der Waals surface area contributed by atoms with E-state index in [1.165, 1.54) is 0 Å². The summed E-state index contributed by atoms with van der Waals surface area (Å²) in [5, 5.41) is 3.03. The standard InChI is InChI=1S/C21H30N2O4/c1-3-26-19-15-18(23-9-11-25-12-10-23)20(27-4-2)14-17(19)22-21(24)13-16-7-5-6-8-16/h5,7,14-16H,3-4,6,8-13H2,1-2H3,(H,22,24). The molecule has 148 valence electrons. The number of nitrogens with zero attached hydrogens (tertiary/aromatic N) is 1. The number of nitrogens with one attached hydrogen (secondary N) is 1. The lowest BCUT2D eigenvalue weighted by molar-refractivity contribution is -0.116. The maximum atomic E-state index is 12.5. The second-order valence-electron chi connectivity index (χ2n) is 6.80. The van der Waals surface area contributed by atoms with Crippen LogP contribution in [-0.4, -0.2) is 45.4 Å². The van der Waals surface area contributed by atoms with E-state index < -0.39 is 0 Å². The number of carbonyl (C=O) groups is 1. The lowest BCUT2D eigenvalue weighted by Gasteiger charge is -2.31. The van der Waals surface area contributed by atoms with E-state index in [9.17, 15) is 4.79 Å². The van der Waals surface area contributed by atoms with Crippen molar-refractivity contribution in [1.82, 2.24) is 0 Å². The Morgan fingerprint density at radius 1 is 1.19 bits per heavy atom. The molecular weight excluding hydrogens is 344 g/mol. The van der Waals surface area contributed by atoms with Gasteiger partial charge in [0.1, 0.15) is 11.5 Å². The van der Waals surface area contributed by atoms with Crippen LogP contribution in [0.15, 0.2) is 24.3 Å². The number of rotatable bonds is 8. The molecule has 0 bridgehead atoms. The van der Waals surface area contributed by atoms with Crippen LogP contribution in [0.5, 0.6) is 11.5 Å². The minimum Gasteiger partial charge on any atom is -0.492 e. The zero-order valence-electron chi connectivity index (χ0n) is 16.3. The molecule has 6 heteroatoms. The first-order valence-electron chi connectivity index (χ1n) is 9.94. The molecule has 1 aromatic rings. The van der Waals surface area contributed by atoms with Crippen molar-refractivity contribution in [2.45, 2.75) is 33.1 Å². The fourth-order valence-electron chi connectivity index (χ4n) is 3.55. The van der Waals surface area contributed by atoms with Crippen molar-refractivity contribution in [3.05, 3.63) is 24.3 Å². The van der Waals surface area contributed by atoms with Gasteiger partial charge in [-0.2, -0.15) is 0 Å². The van der Waals surface area contributed by atoms with E-state index in [0.717, 1.165) is 37.4 Å². The molecule has 0 saturated carbocycles. The second kappa shape index (κ2) is 9.65. The Labute approximate surface area is 161 Å². The van der Waals surface area contributed by atoms with Gasteiger partial charge in [0.15, 0.2) is 0 Å². The van der Waals surface area contributed by atoms with Crippen LogP contribution < -0.4 is 19.7 Å². The van der Waals surface area contributed by atoms with E-state index in [1.54, 1.807) is 0 Å². The summed E-state index contributed by atoms with van der Waals surface area (Å²) in [6, 6.07) is 3.87. The van der Waals surface area contributed by atoms with E-state index in [-0.39, 0.29) is 5.91 Å². The van der Waals surface area contributed by atoms with E-state index in [4.69, 9.17) is 14.2 Å². The minimum atomic E-state index is 0.00840. The first-order chi connectivity index (χ1) is 13.2. The molecule has 1 heterocycles. The molecule has 1 fully saturated rings. The van der Waals surface area contributed by atoms with Crippen molar-refractivity contribution >= 4 is 17.3 Å². The first kappa shape index (κ1) is 19.5. The molecule has 1 amide bonds. The molecule has 1 unspecified atom stereocenters. The molecule has 1 N–H and O–H groups in total. The number of amides is 1. The monoisotopic (exact) mass is 374 g/mol. The van der Waals surface area contributed by atoms with Crippen LogP contribution in [0, 0.1) is 5.92 Å². The molecular formula is C21H30N2O4. The Hall–Kier alpha value is -2.21. The maximum absolute atomic E-state index is 12.5. The van der Waals surface area contributed by atoms with E-state index in [0.29, 0.717) is 50.2 Å². The Bertz CT molecular complexity index is 668. The predicted octanol–water partition coefficient (Wildman–Crippen LogP) is 3.62. The van der Waals surface area contributed by atoms with E-state index >= 15 is 0 Å². The zero-order chi connectivity index (χ0) is 19.1. The number of hydrogen-bond donors (Lipinski definition) is 1. The smallest absolute Gasteiger partial charge is 0.225 e. The van der Waals surface area contributed by atoms with Crippen molar-refractivity contribution in [3.63, 3.8) is 0 Å². The van der Waals surface area contributed by atoms with Gasteiger partial charge in [0.2, 0.25) is 5.91 Å². The summed E-state index contributed by atoms with van der Waals surface area (Å²) < 4.78 is 17.2. The highest BCUT2D eigenvalue weighted by Crippen LogP contribution is 2.39. The molecule has 6 nitrogen and oxygen atoms in total. The Morgan fingerprint density at radius 3 is 2.59 bits per heavy atom. The molecule has 1 aliphatic carbocycles. The highest BCUT2D eigenvalue weighted by molar-refractivity contribution is 5.93. The Kier molecular flexibility index (Phi) is 6.98. The second-order valence-corrected chi connectivity index (χ2v) is 6.80. The Balaban J connectivity index is 1.83. The fourth-order valence-corrected chi connectivity index (χ4v) is 3.55. The summed E-state index contributed by atoms with van der Waals surface area (Å²) in [6.07, 6.45) is 6.89. The highest BCUT2D eigenvalue weighted by atomic mass is 16.5. The van der Waals surface area contributed by atoms with Crippen LogP contribution in [0.4, 0.5) is 11.4 Å². The quantitative estimate of drug-likeness (QED) is 0.705. The van der Waals surface area contributed by atoms with E-state index in [2.05, 4.69) is 22.4 Å². The van der Waals surface area contributed by atoms with Crippen molar-refractivity contribution in [2.75, 3.05) is 49.7 Å². The largest absolute Gasteiger partial charge is 0.492 e. The number of morpholine rings is 1. The third-order valence-corrected chi connectivity index (χ3v) is 4.85. The normalized spacial score (nSPS) is 19.2. The summed E-state index contributed by atoms with van der Waals surface area (Å²) in [4.78, 5) is 14.8. The first-order valence-corrected chi connectivity index (χ1v) is 9.94. The number of allylic oxidation sites excluding steroid dienone is 2. The predicted molar refractivity (Wildman–Crippen MR) is 107 cm³/mol. The van der Waals surface area contributed by atoms with Crippen molar-refractivity contribution in [2.24, 2.45) is 5.92 Å². The number of anilines is 2. The van der Waals surface area contributed by atoms with Crippen molar-refractivity contribution in [3.8, 4) is 11.5 Å². The summed E-state index contributed by atoms with van der Waals surface area (Å²) in [6.45, 7) is 8.02. The van der Waals surface area contributed by atoms with Crippen molar-refractivity contribution < 1.29 is 19.0 Å². The van der Waals surface area contributed by atoms with Crippen LogP contribution in [0.2, 0.25) is 0 Å². The molecule has 3 rings (SSSR count). The number of ether oxygens (including phenoxy) is 3. The van der Waals surface area contributed by atoms with E-state index in [1.807, 2.05) is 26.0 Å². The lowest BCUT2D eigenvalue weighted by atomic mass is 10.0. The van der Waals surface area contributed by atoms with Crippen LogP contribution in [0.1, 0.15) is 33.1 Å². The maximum Gasteiger partial charge on any atom is 0.225 e. The third kappa shape index (κ3) is 5.16. The number of benzene rings is 1. The summed E-state index contributed by atoms with van der Waals surface area (Å²) >= 11 is 0. The fraction of sp³-hybridized carbons (Fsp3) is 0.571. The average Bonchev–Trinajstić information content (AvgIpc) is 3.17. The van der Waals surface area contributed by atoms with Crippen molar-refractivity contribution in [1.29, 1.82) is 0 Å². The van der Waals surface area contributed by atoms with Crippen LogP contribution in [-0.2, 0) is 9.53 Å². The molecule has 0 radical (unpaired) electrons. The SMILES string of the molecule is CCOc1cc(N2CCOCC2)c(OCC)cc1NC(=O)CC1C=CCC1. The van der Waals surface area contributed by atoms with Gasteiger partial charge < -0.3 is 24.4 Å². The van der Waals surface area contributed by atoms with Gasteiger partial charge in [-0.15, -0.1) is 0 Å². The lowest BCUT2D eigenvalue weighted by Crippen LogP contribution is -2.36. The molecule has 1 saturated heterocycles. The molecule has 1 atom stereocenters. The van der Waals surface area contributed by atoms with Gasteiger partial charge in [0.25, 0.3) is 0 Å². The average molecular weight is 374 g/mol. The van der Waals surface area contributed by atoms with Gasteiger partial charge in [-0.25, -0.2) is 0 Å². The van der Waals surface area contributed by atoms with Gasteiger partial charge in [0.05, 0.1) is 37.8 Å². The van der Waals surface area contributed by atoms with Gasteiger partial charge >= 0.3 is 0 Å². The van der Waals surface area contributed by atoms with Crippen LogP contribution >= 0.6 is 0 Å². The van der Waals surface area contributed by atoms with Gasteiger partial charge in [-0.3, -0.25) is 4.79 Å². The highest BCUT2D eigenvalue weighted by Gasteiger charge is 2.21. The van der Waals surface area contributed by atoms with Crippen LogP contribution in [0.25, 0.3) is 0 Å². The number of hydrogen-bond acceptors (Lipinski definition) is 5. The third-order valence-electron chi connectivity index (χ3n) is 4.85. The topological polar surface area (TPSA) is 60.0 Å². The molecule has 1 aromatic carbocycles. The molecule has 0 spiro atoms. The van der Waals surface area contributed by atoms with Crippen LogP contribution in [0.3, 0.4) is 0 Å². The summed E-state index contributed by atoms with van der Waals surface area (Å²) in [5.74, 6) is 1.78. The molecule has 0 aromatic heterocycles. The summed E-state index contributed by atoms with van der Waals surface area (Å²) in [5.41, 5.74) is 1.66. The summed E-state index contributed by atoms with van der Waals surface area (Å²) in [7, 11) is 0. The Morgan fingerprint density at radius 2 is 1.93 bits per heavy atom. The van der Waals surface area contributed by atoms with Gasteiger partial charge in [-0.05, 0) is 32.6 Å². The van der Waals surface area contributed by atoms with Gasteiger partial charge in [-0.1, -0.05) is 12.2 Å². The van der Waals surface area contributed by atoms with Gasteiger partial charge in [0, 0.05) is 31.6 Å². The molecule has 2 aliphatic rings. The number of carbonyl (C=O) groups excluding carboxylic acids is 1.